The summed E-state index contributed by atoms with van der Waals surface area (Å²) in [6, 6.07) is 9.48. The summed E-state index contributed by atoms with van der Waals surface area (Å²) < 4.78 is 4.82. The van der Waals surface area contributed by atoms with E-state index in [2.05, 4.69) is 5.32 Å². The lowest BCUT2D eigenvalue weighted by Crippen LogP contribution is -2.36. The quantitative estimate of drug-likeness (QED) is 0.579. The molecule has 0 aromatic heterocycles. The number of para-hydroxylation sites is 1. The van der Waals surface area contributed by atoms with Crippen LogP contribution in [0.25, 0.3) is 0 Å². The minimum Gasteiger partial charge on any atom is -0.466 e. The number of hydrogen-bond donors (Lipinski definition) is 1. The molecule has 110 valence electrons. The standard InChI is InChI=1S/C15H22N2O3/c1-3-20-15(19)10-7-11-16-12-14(18)17(2)13-8-5-4-6-9-13/h4-6,8-9,16H,3,7,10-12H2,1-2H3. The van der Waals surface area contributed by atoms with Gasteiger partial charge in [0, 0.05) is 19.2 Å². The maximum absolute atomic E-state index is 11.9. The maximum atomic E-state index is 11.9. The first-order valence-corrected chi connectivity index (χ1v) is 6.83. The molecule has 5 nitrogen and oxygen atoms in total. The summed E-state index contributed by atoms with van der Waals surface area (Å²) in [5, 5.41) is 3.03. The Bertz CT molecular complexity index is 420. The molecule has 1 rings (SSSR count). The lowest BCUT2D eigenvalue weighted by atomic mass is 10.3. The second kappa shape index (κ2) is 9.09. The first-order valence-electron chi connectivity index (χ1n) is 6.83. The van der Waals surface area contributed by atoms with Gasteiger partial charge in [-0.05, 0) is 32.0 Å². The van der Waals surface area contributed by atoms with Crippen molar-refractivity contribution < 1.29 is 14.3 Å². The molecule has 0 saturated carbocycles. The molecule has 1 N–H and O–H groups in total. The summed E-state index contributed by atoms with van der Waals surface area (Å²) in [7, 11) is 1.75. The number of anilines is 1. The Balaban J connectivity index is 2.19. The molecule has 1 amide bonds. The smallest absolute Gasteiger partial charge is 0.305 e. The first-order chi connectivity index (χ1) is 9.65. The van der Waals surface area contributed by atoms with E-state index < -0.39 is 0 Å². The van der Waals surface area contributed by atoms with Crippen molar-refractivity contribution in [3.05, 3.63) is 30.3 Å². The van der Waals surface area contributed by atoms with Gasteiger partial charge in [0.2, 0.25) is 5.91 Å². The number of rotatable bonds is 8. The van der Waals surface area contributed by atoms with Gasteiger partial charge in [0.15, 0.2) is 0 Å². The van der Waals surface area contributed by atoms with Crippen LogP contribution in [0.2, 0.25) is 0 Å². The maximum Gasteiger partial charge on any atom is 0.305 e. The van der Waals surface area contributed by atoms with Crippen LogP contribution in [-0.4, -0.2) is 38.6 Å². The van der Waals surface area contributed by atoms with Gasteiger partial charge in [-0.15, -0.1) is 0 Å². The predicted molar refractivity (Wildman–Crippen MR) is 78.6 cm³/mol. The highest BCUT2D eigenvalue weighted by atomic mass is 16.5. The molecule has 0 fully saturated rings. The zero-order valence-corrected chi connectivity index (χ0v) is 12.1. The molecule has 0 aliphatic carbocycles. The molecule has 0 spiro atoms. The molecule has 0 unspecified atom stereocenters. The second-order valence-corrected chi connectivity index (χ2v) is 4.37. The zero-order valence-electron chi connectivity index (χ0n) is 12.1. The van der Waals surface area contributed by atoms with Gasteiger partial charge in [-0.25, -0.2) is 0 Å². The fourth-order valence-electron chi connectivity index (χ4n) is 1.70. The van der Waals surface area contributed by atoms with Crippen LogP contribution in [0.5, 0.6) is 0 Å². The molecule has 0 aliphatic heterocycles. The number of esters is 1. The van der Waals surface area contributed by atoms with E-state index in [0.717, 1.165) is 5.69 Å². The summed E-state index contributed by atoms with van der Waals surface area (Å²) in [4.78, 5) is 24.6. The number of hydrogen-bond acceptors (Lipinski definition) is 4. The third-order valence-corrected chi connectivity index (χ3v) is 2.83. The van der Waals surface area contributed by atoms with Gasteiger partial charge >= 0.3 is 5.97 Å². The Hall–Kier alpha value is -1.88. The van der Waals surface area contributed by atoms with Crippen molar-refractivity contribution in [2.45, 2.75) is 19.8 Å². The van der Waals surface area contributed by atoms with Crippen LogP contribution in [0.4, 0.5) is 5.69 Å². The molecule has 5 heteroatoms. The highest BCUT2D eigenvalue weighted by Gasteiger charge is 2.09. The number of carbonyl (C=O) groups is 2. The molecule has 0 atom stereocenters. The summed E-state index contributed by atoms with van der Waals surface area (Å²) in [6.45, 7) is 3.07. The third-order valence-electron chi connectivity index (χ3n) is 2.83. The largest absolute Gasteiger partial charge is 0.466 e. The van der Waals surface area contributed by atoms with E-state index in [-0.39, 0.29) is 18.4 Å². The van der Waals surface area contributed by atoms with Crippen molar-refractivity contribution in [1.29, 1.82) is 0 Å². The first kappa shape index (κ1) is 16.2. The van der Waals surface area contributed by atoms with Crippen molar-refractivity contribution in [3.63, 3.8) is 0 Å². The normalized spacial score (nSPS) is 10.1. The average molecular weight is 278 g/mol. The molecular weight excluding hydrogens is 256 g/mol. The SMILES string of the molecule is CCOC(=O)CCCNCC(=O)N(C)c1ccccc1. The van der Waals surface area contributed by atoms with Gasteiger partial charge in [-0.3, -0.25) is 9.59 Å². The van der Waals surface area contributed by atoms with E-state index in [4.69, 9.17) is 4.74 Å². The van der Waals surface area contributed by atoms with Crippen molar-refractivity contribution in [1.82, 2.24) is 5.32 Å². The van der Waals surface area contributed by atoms with Crippen LogP contribution in [0.3, 0.4) is 0 Å². The third kappa shape index (κ3) is 5.84. The summed E-state index contributed by atoms with van der Waals surface area (Å²) >= 11 is 0. The van der Waals surface area contributed by atoms with E-state index in [1.165, 1.54) is 0 Å². The summed E-state index contributed by atoms with van der Waals surface area (Å²) in [6.07, 6.45) is 1.05. The number of nitrogens with zero attached hydrogens (tertiary/aromatic N) is 1. The Morgan fingerprint density at radius 3 is 2.60 bits per heavy atom. The average Bonchev–Trinajstić information content (AvgIpc) is 2.47. The molecule has 20 heavy (non-hydrogen) atoms. The fraction of sp³-hybridized carbons (Fsp3) is 0.467. The highest BCUT2D eigenvalue weighted by molar-refractivity contribution is 5.94. The van der Waals surface area contributed by atoms with Gasteiger partial charge in [-0.2, -0.15) is 0 Å². The van der Waals surface area contributed by atoms with Gasteiger partial charge in [0.1, 0.15) is 0 Å². The molecule has 1 aromatic rings. The highest BCUT2D eigenvalue weighted by Crippen LogP contribution is 2.10. The molecule has 0 bridgehead atoms. The van der Waals surface area contributed by atoms with Crippen molar-refractivity contribution >= 4 is 17.6 Å². The van der Waals surface area contributed by atoms with Crippen LogP contribution in [-0.2, 0) is 14.3 Å². The van der Waals surface area contributed by atoms with Crippen LogP contribution >= 0.6 is 0 Å². The van der Waals surface area contributed by atoms with Gasteiger partial charge in [-0.1, -0.05) is 18.2 Å². The number of ether oxygens (including phenoxy) is 1. The van der Waals surface area contributed by atoms with Crippen molar-refractivity contribution in [3.8, 4) is 0 Å². The van der Waals surface area contributed by atoms with E-state index in [1.54, 1.807) is 18.9 Å². The molecule has 0 radical (unpaired) electrons. The Morgan fingerprint density at radius 2 is 1.95 bits per heavy atom. The number of likely N-dealkylation sites (N-methyl/N-ethyl adjacent to an activating group) is 1. The Morgan fingerprint density at radius 1 is 1.25 bits per heavy atom. The lowest BCUT2D eigenvalue weighted by molar-refractivity contribution is -0.143. The fourth-order valence-corrected chi connectivity index (χ4v) is 1.70. The molecule has 0 heterocycles. The minimum atomic E-state index is -0.193. The molecule has 1 aromatic carbocycles. The van der Waals surface area contributed by atoms with Gasteiger partial charge < -0.3 is 15.0 Å². The van der Waals surface area contributed by atoms with Crippen LogP contribution < -0.4 is 10.2 Å². The predicted octanol–water partition coefficient (Wildman–Crippen LogP) is 1.58. The topological polar surface area (TPSA) is 58.6 Å². The van der Waals surface area contributed by atoms with Crippen molar-refractivity contribution in [2.24, 2.45) is 0 Å². The van der Waals surface area contributed by atoms with Crippen LogP contribution in [0.15, 0.2) is 30.3 Å². The van der Waals surface area contributed by atoms with Gasteiger partial charge in [0.05, 0.1) is 13.2 Å². The Labute approximate surface area is 119 Å². The van der Waals surface area contributed by atoms with E-state index >= 15 is 0 Å². The monoisotopic (exact) mass is 278 g/mol. The van der Waals surface area contributed by atoms with Crippen LogP contribution in [0, 0.1) is 0 Å². The second-order valence-electron chi connectivity index (χ2n) is 4.37. The van der Waals surface area contributed by atoms with Crippen LogP contribution in [0.1, 0.15) is 19.8 Å². The molecule has 0 saturated heterocycles. The lowest BCUT2D eigenvalue weighted by Gasteiger charge is -2.17. The van der Waals surface area contributed by atoms with E-state index in [9.17, 15) is 9.59 Å². The number of carbonyl (C=O) groups excluding carboxylic acids is 2. The van der Waals surface area contributed by atoms with E-state index in [1.807, 2.05) is 30.3 Å². The summed E-state index contributed by atoms with van der Waals surface area (Å²) in [5.74, 6) is -0.200. The van der Waals surface area contributed by atoms with E-state index in [0.29, 0.717) is 26.0 Å². The molecular formula is C15H22N2O3. The summed E-state index contributed by atoms with van der Waals surface area (Å²) in [5.41, 5.74) is 0.867. The number of nitrogens with one attached hydrogen (secondary N) is 1. The number of amides is 1. The van der Waals surface area contributed by atoms with Crippen molar-refractivity contribution in [2.75, 3.05) is 31.6 Å². The molecule has 0 aliphatic rings. The number of benzene rings is 1. The van der Waals surface area contributed by atoms with Gasteiger partial charge in [0.25, 0.3) is 0 Å². The minimum absolute atomic E-state index is 0.00710. The Kier molecular flexibility index (Phi) is 7.35. The zero-order chi connectivity index (χ0) is 14.8.